The van der Waals surface area contributed by atoms with Crippen LogP contribution in [0, 0.1) is 0 Å². The summed E-state index contributed by atoms with van der Waals surface area (Å²) in [4.78, 5) is 12.9. The van der Waals surface area contributed by atoms with Crippen molar-refractivity contribution in [3.05, 3.63) is 48.2 Å². The van der Waals surface area contributed by atoms with Gasteiger partial charge >= 0.3 is 0 Å². The Bertz CT molecular complexity index is 687. The molecular weight excluding hydrogens is 316 g/mol. The molecule has 0 unspecified atom stereocenters. The Kier molecular flexibility index (Phi) is 6.62. The van der Waals surface area contributed by atoms with Gasteiger partial charge in [0.15, 0.2) is 17.5 Å². The fourth-order valence-electron chi connectivity index (χ4n) is 2.33. The number of rotatable bonds is 6. The highest BCUT2D eigenvalue weighted by Gasteiger charge is 2.07. The zero-order valence-electron chi connectivity index (χ0n) is 15.6. The second kappa shape index (κ2) is 8.92. The Labute approximate surface area is 149 Å². The predicted molar refractivity (Wildman–Crippen MR) is 100 cm³/mol. The van der Waals surface area contributed by atoms with Gasteiger partial charge in [0.05, 0.1) is 13.2 Å². The Balaban J connectivity index is 2.07. The molecule has 0 amide bonds. The first-order valence-corrected chi connectivity index (χ1v) is 8.25. The molecule has 0 aliphatic carbocycles. The molecule has 0 radical (unpaired) electrons. The van der Waals surface area contributed by atoms with E-state index < -0.39 is 0 Å². The first-order valence-electron chi connectivity index (χ1n) is 8.25. The minimum Gasteiger partial charge on any atom is -0.490 e. The van der Waals surface area contributed by atoms with Crippen molar-refractivity contribution in [2.75, 3.05) is 34.8 Å². The van der Waals surface area contributed by atoms with Crippen molar-refractivity contribution in [1.29, 1.82) is 0 Å². The Hall–Kier alpha value is -2.76. The van der Waals surface area contributed by atoms with Crippen LogP contribution in [0.25, 0.3) is 0 Å². The maximum absolute atomic E-state index is 5.83. The molecule has 2 rings (SSSR count). The van der Waals surface area contributed by atoms with Crippen LogP contribution in [0.4, 0.5) is 0 Å². The molecule has 1 heterocycles. The molecule has 0 bridgehead atoms. The molecule has 0 aliphatic rings. The van der Waals surface area contributed by atoms with Crippen LogP contribution < -0.4 is 9.47 Å². The summed E-state index contributed by atoms with van der Waals surface area (Å²) < 4.78 is 11.4. The fourth-order valence-corrected chi connectivity index (χ4v) is 2.33. The minimum absolute atomic E-state index is 0.528. The number of guanidine groups is 1. The lowest BCUT2D eigenvalue weighted by molar-refractivity contribution is 0.319. The third-order valence-corrected chi connectivity index (χ3v) is 3.36. The van der Waals surface area contributed by atoms with Gasteiger partial charge in [-0.3, -0.25) is 0 Å². The lowest BCUT2D eigenvalue weighted by atomic mass is 10.3. The molecule has 0 atom stereocenters. The second-order valence-corrected chi connectivity index (χ2v) is 5.89. The molecule has 0 aliphatic heterocycles. The summed E-state index contributed by atoms with van der Waals surface area (Å²) in [6.07, 6.45) is 1.78. The molecule has 0 saturated heterocycles. The van der Waals surface area contributed by atoms with E-state index in [0.717, 1.165) is 11.5 Å². The summed E-state index contributed by atoms with van der Waals surface area (Å²) in [6, 6.07) is 11.4. The number of nitrogens with zero attached hydrogens (tertiary/aromatic N) is 4. The van der Waals surface area contributed by atoms with Gasteiger partial charge in [0.1, 0.15) is 0 Å². The molecule has 25 heavy (non-hydrogen) atoms. The van der Waals surface area contributed by atoms with E-state index in [4.69, 9.17) is 9.47 Å². The molecule has 0 fully saturated rings. The van der Waals surface area contributed by atoms with Crippen LogP contribution in [0.1, 0.15) is 12.5 Å². The highest BCUT2D eigenvalue weighted by molar-refractivity contribution is 5.79. The molecule has 134 valence electrons. The third kappa shape index (κ3) is 5.38. The van der Waals surface area contributed by atoms with Crippen molar-refractivity contribution in [2.45, 2.75) is 13.5 Å². The maximum atomic E-state index is 5.83. The van der Waals surface area contributed by atoms with Gasteiger partial charge in [-0.2, -0.15) is 0 Å². The highest BCUT2D eigenvalue weighted by atomic mass is 16.5. The van der Waals surface area contributed by atoms with E-state index in [0.29, 0.717) is 30.5 Å². The number of hydrogen-bond acceptors (Lipinski definition) is 4. The van der Waals surface area contributed by atoms with Crippen molar-refractivity contribution in [3.8, 4) is 17.4 Å². The number of aliphatic imine (C=N–C) groups is 1. The van der Waals surface area contributed by atoms with E-state index in [1.165, 1.54) is 0 Å². The van der Waals surface area contributed by atoms with Gasteiger partial charge in [-0.05, 0) is 24.6 Å². The Morgan fingerprint density at radius 2 is 1.68 bits per heavy atom. The van der Waals surface area contributed by atoms with Gasteiger partial charge in [-0.1, -0.05) is 18.2 Å². The summed E-state index contributed by atoms with van der Waals surface area (Å²) >= 11 is 0. The van der Waals surface area contributed by atoms with Crippen LogP contribution >= 0.6 is 0 Å². The summed E-state index contributed by atoms with van der Waals surface area (Å²) in [6.45, 7) is 3.10. The number of ether oxygens (including phenoxy) is 2. The van der Waals surface area contributed by atoms with Gasteiger partial charge in [-0.25, -0.2) is 9.98 Å². The van der Waals surface area contributed by atoms with Gasteiger partial charge in [0, 0.05) is 40.5 Å². The van der Waals surface area contributed by atoms with Crippen LogP contribution in [-0.4, -0.2) is 55.5 Å². The number of para-hydroxylation sites is 2. The molecule has 6 nitrogen and oxygen atoms in total. The normalized spacial score (nSPS) is 10.1. The largest absolute Gasteiger partial charge is 0.490 e. The van der Waals surface area contributed by atoms with E-state index in [-0.39, 0.29) is 0 Å². The number of aromatic nitrogens is 1. The lowest BCUT2D eigenvalue weighted by Crippen LogP contribution is -2.35. The van der Waals surface area contributed by atoms with E-state index in [1.807, 2.05) is 81.3 Å². The molecule has 1 aromatic heterocycles. The predicted octanol–water partition coefficient (Wildman–Crippen LogP) is 3.25. The lowest BCUT2D eigenvalue weighted by Gasteiger charge is -2.22. The maximum Gasteiger partial charge on any atom is 0.219 e. The van der Waals surface area contributed by atoms with Crippen LogP contribution in [0.3, 0.4) is 0 Å². The highest BCUT2D eigenvalue weighted by Crippen LogP contribution is 2.30. The molecule has 2 aromatic rings. The van der Waals surface area contributed by atoms with Crippen LogP contribution in [0.15, 0.2) is 47.6 Å². The number of hydrogen-bond donors (Lipinski definition) is 0. The van der Waals surface area contributed by atoms with Crippen molar-refractivity contribution in [3.63, 3.8) is 0 Å². The van der Waals surface area contributed by atoms with Gasteiger partial charge < -0.3 is 19.3 Å². The molecule has 0 spiro atoms. The standard InChI is InChI=1S/C19H26N4O2/c1-6-24-16-9-7-8-10-17(16)25-18-12-11-15(13-20-18)14-21-19(22(2)3)23(4)5/h7-13H,6,14H2,1-5H3. The first-order chi connectivity index (χ1) is 12.0. The fraction of sp³-hybridized carbons (Fsp3) is 0.368. The quantitative estimate of drug-likeness (QED) is 0.596. The zero-order chi connectivity index (χ0) is 18.2. The zero-order valence-corrected chi connectivity index (χ0v) is 15.6. The van der Waals surface area contributed by atoms with Gasteiger partial charge in [0.25, 0.3) is 0 Å². The average Bonchev–Trinajstić information content (AvgIpc) is 2.58. The van der Waals surface area contributed by atoms with Crippen LogP contribution in [0.5, 0.6) is 17.4 Å². The molecule has 1 aromatic carbocycles. The van der Waals surface area contributed by atoms with Crippen molar-refractivity contribution < 1.29 is 9.47 Å². The van der Waals surface area contributed by atoms with E-state index in [9.17, 15) is 0 Å². The Morgan fingerprint density at radius 3 is 2.24 bits per heavy atom. The van der Waals surface area contributed by atoms with Crippen molar-refractivity contribution in [1.82, 2.24) is 14.8 Å². The Morgan fingerprint density at radius 1 is 1.00 bits per heavy atom. The molecule has 0 saturated carbocycles. The van der Waals surface area contributed by atoms with E-state index >= 15 is 0 Å². The first kappa shape index (κ1) is 18.6. The molecule has 6 heteroatoms. The summed E-state index contributed by atoms with van der Waals surface area (Å²) in [5.41, 5.74) is 1.02. The van der Waals surface area contributed by atoms with Crippen molar-refractivity contribution >= 4 is 5.96 Å². The molecular formula is C19H26N4O2. The topological polar surface area (TPSA) is 50.2 Å². The summed E-state index contributed by atoms with van der Waals surface area (Å²) in [7, 11) is 7.90. The van der Waals surface area contributed by atoms with Crippen LogP contribution in [-0.2, 0) is 6.54 Å². The number of benzene rings is 1. The van der Waals surface area contributed by atoms with E-state index in [2.05, 4.69) is 9.98 Å². The summed E-state index contributed by atoms with van der Waals surface area (Å²) in [5, 5.41) is 0. The third-order valence-electron chi connectivity index (χ3n) is 3.36. The minimum atomic E-state index is 0.528. The van der Waals surface area contributed by atoms with Crippen molar-refractivity contribution in [2.24, 2.45) is 4.99 Å². The second-order valence-electron chi connectivity index (χ2n) is 5.89. The SMILES string of the molecule is CCOc1ccccc1Oc1ccc(CN=C(N(C)C)N(C)C)cn1. The monoisotopic (exact) mass is 342 g/mol. The molecule has 0 N–H and O–H groups in total. The smallest absolute Gasteiger partial charge is 0.219 e. The number of pyridine rings is 1. The van der Waals surface area contributed by atoms with Crippen LogP contribution in [0.2, 0.25) is 0 Å². The summed E-state index contributed by atoms with van der Waals surface area (Å²) in [5.74, 6) is 2.80. The van der Waals surface area contributed by atoms with Gasteiger partial charge in [0.2, 0.25) is 5.88 Å². The van der Waals surface area contributed by atoms with Gasteiger partial charge in [-0.15, -0.1) is 0 Å². The van der Waals surface area contributed by atoms with E-state index in [1.54, 1.807) is 6.20 Å². The average molecular weight is 342 g/mol.